The van der Waals surface area contributed by atoms with E-state index in [4.69, 9.17) is 4.74 Å². The topological polar surface area (TPSA) is 53.0 Å². The van der Waals surface area contributed by atoms with Crippen molar-refractivity contribution < 1.29 is 14.6 Å². The van der Waals surface area contributed by atoms with Crippen molar-refractivity contribution in [1.29, 1.82) is 0 Å². The fourth-order valence-corrected chi connectivity index (χ4v) is 3.20. The van der Waals surface area contributed by atoms with Crippen molar-refractivity contribution in [3.8, 4) is 5.75 Å². The molecule has 0 aromatic heterocycles. The van der Waals surface area contributed by atoms with E-state index < -0.39 is 12.0 Å². The van der Waals surface area contributed by atoms with E-state index >= 15 is 0 Å². The number of hydrogen-bond acceptors (Lipinski definition) is 4. The molecule has 1 aliphatic heterocycles. The maximum absolute atomic E-state index is 11.9. The molecular formula is C18H28N2O3. The molecule has 0 bridgehead atoms. The van der Waals surface area contributed by atoms with Gasteiger partial charge in [-0.2, -0.15) is 0 Å². The third kappa shape index (κ3) is 4.69. The van der Waals surface area contributed by atoms with E-state index in [1.54, 1.807) is 0 Å². The highest BCUT2D eigenvalue weighted by atomic mass is 16.5. The van der Waals surface area contributed by atoms with Gasteiger partial charge < -0.3 is 14.7 Å². The van der Waals surface area contributed by atoms with Gasteiger partial charge in [-0.3, -0.25) is 9.69 Å². The van der Waals surface area contributed by atoms with Gasteiger partial charge in [-0.05, 0) is 18.9 Å². The maximum Gasteiger partial charge on any atom is 0.325 e. The minimum atomic E-state index is -0.811. The molecule has 1 fully saturated rings. The van der Waals surface area contributed by atoms with E-state index in [1.807, 2.05) is 31.2 Å². The van der Waals surface area contributed by atoms with Gasteiger partial charge in [-0.15, -0.1) is 0 Å². The van der Waals surface area contributed by atoms with Gasteiger partial charge in [0.05, 0.1) is 6.61 Å². The van der Waals surface area contributed by atoms with Gasteiger partial charge in [0.2, 0.25) is 0 Å². The van der Waals surface area contributed by atoms with Crippen molar-refractivity contribution in [2.75, 3.05) is 39.3 Å². The fraction of sp³-hybridized carbons (Fsp3) is 0.611. The molecule has 128 valence electrons. The first-order chi connectivity index (χ1) is 11.0. The smallest absolute Gasteiger partial charge is 0.325 e. The molecule has 2 rings (SSSR count). The summed E-state index contributed by atoms with van der Waals surface area (Å²) in [6.07, 6.45) is 0. The number of aliphatic carboxylic acids is 1. The zero-order valence-corrected chi connectivity index (χ0v) is 14.4. The third-order valence-corrected chi connectivity index (χ3v) is 4.14. The second kappa shape index (κ2) is 8.31. The molecule has 1 aromatic rings. The van der Waals surface area contributed by atoms with Crippen molar-refractivity contribution in [2.24, 2.45) is 5.92 Å². The number of rotatable bonds is 7. The zero-order chi connectivity index (χ0) is 16.8. The number of para-hydroxylation sites is 1. The molecule has 5 heteroatoms. The Morgan fingerprint density at radius 1 is 1.22 bits per heavy atom. The standard InChI is InChI=1S/C18H28N2O3/c1-4-23-16-8-6-5-7-15(16)17(18(21)22)20-11-9-19(10-12-20)13-14(2)3/h5-8,14,17H,4,9-13H2,1-3H3,(H,21,22). The quantitative estimate of drug-likeness (QED) is 0.836. The lowest BCUT2D eigenvalue weighted by atomic mass is 10.0. The Bertz CT molecular complexity index is 511. The van der Waals surface area contributed by atoms with E-state index in [-0.39, 0.29) is 0 Å². The molecule has 5 nitrogen and oxygen atoms in total. The molecule has 1 N–H and O–H groups in total. The Labute approximate surface area is 138 Å². The predicted octanol–water partition coefficient (Wildman–Crippen LogP) is 2.48. The Hall–Kier alpha value is -1.59. The van der Waals surface area contributed by atoms with Gasteiger partial charge in [0, 0.05) is 38.3 Å². The third-order valence-electron chi connectivity index (χ3n) is 4.14. The number of benzene rings is 1. The van der Waals surface area contributed by atoms with Crippen LogP contribution in [0.25, 0.3) is 0 Å². The van der Waals surface area contributed by atoms with Crippen LogP contribution in [-0.4, -0.2) is 60.2 Å². The molecule has 1 aromatic carbocycles. The summed E-state index contributed by atoms with van der Waals surface area (Å²) in [7, 11) is 0. The lowest BCUT2D eigenvalue weighted by molar-refractivity contribution is -0.144. The fourth-order valence-electron chi connectivity index (χ4n) is 3.20. The molecule has 1 heterocycles. The van der Waals surface area contributed by atoms with E-state index in [0.717, 1.165) is 38.3 Å². The highest BCUT2D eigenvalue weighted by Gasteiger charge is 2.32. The van der Waals surface area contributed by atoms with E-state index in [2.05, 4.69) is 23.6 Å². The molecular weight excluding hydrogens is 292 g/mol. The summed E-state index contributed by atoms with van der Waals surface area (Å²) in [5.74, 6) is 0.497. The number of hydrogen-bond donors (Lipinski definition) is 1. The molecule has 0 radical (unpaired) electrons. The van der Waals surface area contributed by atoms with Crippen molar-refractivity contribution in [2.45, 2.75) is 26.8 Å². The molecule has 1 atom stereocenters. The van der Waals surface area contributed by atoms with Gasteiger partial charge in [0.1, 0.15) is 11.8 Å². The molecule has 0 saturated carbocycles. The van der Waals surface area contributed by atoms with Crippen LogP contribution in [0.1, 0.15) is 32.4 Å². The van der Waals surface area contributed by atoms with E-state index in [0.29, 0.717) is 18.3 Å². The van der Waals surface area contributed by atoms with Crippen molar-refractivity contribution in [3.05, 3.63) is 29.8 Å². The normalized spacial score (nSPS) is 18.1. The molecule has 0 spiro atoms. The highest BCUT2D eigenvalue weighted by Crippen LogP contribution is 2.30. The monoisotopic (exact) mass is 320 g/mol. The summed E-state index contributed by atoms with van der Waals surface area (Å²) < 4.78 is 5.63. The number of carbonyl (C=O) groups is 1. The number of piperazine rings is 1. The minimum absolute atomic E-state index is 0.533. The maximum atomic E-state index is 11.9. The van der Waals surface area contributed by atoms with Crippen LogP contribution in [0.4, 0.5) is 0 Å². The van der Waals surface area contributed by atoms with Crippen LogP contribution in [-0.2, 0) is 4.79 Å². The lowest BCUT2D eigenvalue weighted by Crippen LogP contribution is -2.50. The Morgan fingerprint density at radius 3 is 2.43 bits per heavy atom. The predicted molar refractivity (Wildman–Crippen MR) is 90.8 cm³/mol. The lowest BCUT2D eigenvalue weighted by Gasteiger charge is -2.38. The number of carboxylic acid groups (broad SMARTS) is 1. The van der Waals surface area contributed by atoms with Crippen LogP contribution in [0.2, 0.25) is 0 Å². The van der Waals surface area contributed by atoms with Crippen molar-refractivity contribution in [3.63, 3.8) is 0 Å². The van der Waals surface area contributed by atoms with E-state index in [9.17, 15) is 9.90 Å². The van der Waals surface area contributed by atoms with Crippen LogP contribution in [0.5, 0.6) is 5.75 Å². The first-order valence-corrected chi connectivity index (χ1v) is 8.43. The SMILES string of the molecule is CCOc1ccccc1C(C(=O)O)N1CCN(CC(C)C)CC1. The van der Waals surface area contributed by atoms with Crippen LogP contribution in [0.15, 0.2) is 24.3 Å². The summed E-state index contributed by atoms with van der Waals surface area (Å²) in [5.41, 5.74) is 0.749. The largest absolute Gasteiger partial charge is 0.494 e. The average Bonchev–Trinajstić information content (AvgIpc) is 2.50. The van der Waals surface area contributed by atoms with Gasteiger partial charge in [-0.1, -0.05) is 32.0 Å². The van der Waals surface area contributed by atoms with Crippen LogP contribution in [0.3, 0.4) is 0 Å². The van der Waals surface area contributed by atoms with Gasteiger partial charge >= 0.3 is 5.97 Å². The minimum Gasteiger partial charge on any atom is -0.494 e. The number of ether oxygens (including phenoxy) is 1. The summed E-state index contributed by atoms with van der Waals surface area (Å²) in [6.45, 7) is 11.3. The summed E-state index contributed by atoms with van der Waals surface area (Å²) >= 11 is 0. The van der Waals surface area contributed by atoms with Crippen molar-refractivity contribution >= 4 is 5.97 Å². The first kappa shape index (κ1) is 17.8. The molecule has 1 aliphatic rings. The van der Waals surface area contributed by atoms with Gasteiger partial charge in [-0.25, -0.2) is 0 Å². The van der Waals surface area contributed by atoms with Crippen molar-refractivity contribution in [1.82, 2.24) is 9.80 Å². The molecule has 0 aliphatic carbocycles. The second-order valence-corrected chi connectivity index (χ2v) is 6.44. The first-order valence-electron chi connectivity index (χ1n) is 8.43. The van der Waals surface area contributed by atoms with Crippen LogP contribution < -0.4 is 4.74 Å². The Kier molecular flexibility index (Phi) is 6.42. The Balaban J connectivity index is 2.13. The summed E-state index contributed by atoms with van der Waals surface area (Å²) in [5, 5.41) is 9.77. The zero-order valence-electron chi connectivity index (χ0n) is 14.4. The average molecular weight is 320 g/mol. The number of nitrogens with zero attached hydrogens (tertiary/aromatic N) is 2. The summed E-state index contributed by atoms with van der Waals surface area (Å²) in [6, 6.07) is 6.84. The molecule has 1 unspecified atom stereocenters. The molecule has 23 heavy (non-hydrogen) atoms. The molecule has 0 amide bonds. The second-order valence-electron chi connectivity index (χ2n) is 6.44. The highest BCUT2D eigenvalue weighted by molar-refractivity contribution is 5.76. The number of carboxylic acids is 1. The van der Waals surface area contributed by atoms with Crippen LogP contribution in [0, 0.1) is 5.92 Å². The van der Waals surface area contributed by atoms with Crippen LogP contribution >= 0.6 is 0 Å². The summed E-state index contributed by atoms with van der Waals surface area (Å²) in [4.78, 5) is 16.4. The van der Waals surface area contributed by atoms with Gasteiger partial charge in [0.25, 0.3) is 0 Å². The van der Waals surface area contributed by atoms with E-state index in [1.165, 1.54) is 0 Å². The molecule has 1 saturated heterocycles. The van der Waals surface area contributed by atoms with Gasteiger partial charge in [0.15, 0.2) is 0 Å². The Morgan fingerprint density at radius 2 is 1.87 bits per heavy atom.